The van der Waals surface area contributed by atoms with Crippen LogP contribution in [0.1, 0.15) is 17.4 Å². The van der Waals surface area contributed by atoms with Crippen LogP contribution in [0.15, 0.2) is 28.9 Å². The van der Waals surface area contributed by atoms with Crippen LogP contribution < -0.4 is 4.74 Å². The highest BCUT2D eigenvalue weighted by Crippen LogP contribution is 2.33. The fourth-order valence-corrected chi connectivity index (χ4v) is 2.78. The Labute approximate surface area is 127 Å². The summed E-state index contributed by atoms with van der Waals surface area (Å²) in [5, 5.41) is 14.6. The Morgan fingerprint density at radius 1 is 1.50 bits per heavy atom. The molecule has 0 bridgehead atoms. The van der Waals surface area contributed by atoms with Crippen molar-refractivity contribution in [2.24, 2.45) is 7.05 Å². The van der Waals surface area contributed by atoms with Crippen molar-refractivity contribution in [2.75, 3.05) is 7.11 Å². The highest BCUT2D eigenvalue weighted by Gasteiger charge is 2.22. The molecule has 96 valence electrons. The molecule has 0 radical (unpaired) electrons. The van der Waals surface area contributed by atoms with Gasteiger partial charge in [-0.2, -0.15) is 5.10 Å². The number of hydrogen-bond acceptors (Lipinski definition) is 3. The highest BCUT2D eigenvalue weighted by atomic mass is 127. The van der Waals surface area contributed by atoms with E-state index >= 15 is 0 Å². The Morgan fingerprint density at radius 3 is 2.89 bits per heavy atom. The monoisotopic (exact) mass is 422 g/mol. The van der Waals surface area contributed by atoms with Crippen LogP contribution in [-0.2, 0) is 7.05 Å². The van der Waals surface area contributed by atoms with Crippen molar-refractivity contribution >= 4 is 38.5 Å². The third kappa shape index (κ3) is 2.55. The number of aliphatic hydroxyl groups is 1. The van der Waals surface area contributed by atoms with Crippen LogP contribution in [0.5, 0.6) is 5.75 Å². The van der Waals surface area contributed by atoms with E-state index in [1.54, 1.807) is 25.0 Å². The summed E-state index contributed by atoms with van der Waals surface area (Å²) in [6, 6.07) is 5.80. The zero-order valence-electron chi connectivity index (χ0n) is 9.89. The van der Waals surface area contributed by atoms with Gasteiger partial charge in [0.05, 0.1) is 13.3 Å². The van der Waals surface area contributed by atoms with Gasteiger partial charge in [-0.3, -0.25) is 4.68 Å². The average Bonchev–Trinajstić information content (AvgIpc) is 2.72. The Bertz CT molecular complexity index is 571. The van der Waals surface area contributed by atoms with Crippen LogP contribution in [0, 0.1) is 3.57 Å². The Balaban J connectivity index is 2.50. The first-order chi connectivity index (χ1) is 8.54. The van der Waals surface area contributed by atoms with Crippen LogP contribution in [0.25, 0.3) is 0 Å². The summed E-state index contributed by atoms with van der Waals surface area (Å²) >= 11 is 5.62. The van der Waals surface area contributed by atoms with Crippen molar-refractivity contribution < 1.29 is 9.84 Å². The van der Waals surface area contributed by atoms with Gasteiger partial charge in [0.15, 0.2) is 5.75 Å². The summed E-state index contributed by atoms with van der Waals surface area (Å²) in [6.07, 6.45) is 0.834. The summed E-state index contributed by atoms with van der Waals surface area (Å²) in [5.74, 6) is 0.584. The number of benzene rings is 1. The lowest BCUT2D eigenvalue weighted by Crippen LogP contribution is -2.09. The predicted molar refractivity (Wildman–Crippen MR) is 80.7 cm³/mol. The van der Waals surface area contributed by atoms with Crippen molar-refractivity contribution in [1.29, 1.82) is 0 Å². The summed E-state index contributed by atoms with van der Waals surface area (Å²) in [5.41, 5.74) is 1.47. The largest absolute Gasteiger partial charge is 0.493 e. The lowest BCUT2D eigenvalue weighted by atomic mass is 10.1. The number of aliphatic hydroxyl groups excluding tert-OH is 1. The van der Waals surface area contributed by atoms with E-state index in [2.05, 4.69) is 43.6 Å². The van der Waals surface area contributed by atoms with Gasteiger partial charge in [-0.25, -0.2) is 0 Å². The quantitative estimate of drug-likeness (QED) is 0.773. The van der Waals surface area contributed by atoms with Gasteiger partial charge in [0.25, 0.3) is 0 Å². The second-order valence-electron chi connectivity index (χ2n) is 3.79. The zero-order chi connectivity index (χ0) is 13.3. The Kier molecular flexibility index (Phi) is 4.29. The lowest BCUT2D eigenvalue weighted by molar-refractivity contribution is 0.203. The zero-order valence-corrected chi connectivity index (χ0v) is 13.6. The van der Waals surface area contributed by atoms with E-state index < -0.39 is 6.10 Å². The summed E-state index contributed by atoms with van der Waals surface area (Å²) < 4.78 is 8.77. The molecule has 0 aliphatic heterocycles. The van der Waals surface area contributed by atoms with E-state index in [-0.39, 0.29) is 0 Å². The number of aromatic nitrogens is 2. The number of aryl methyl sites for hydroxylation is 1. The molecule has 0 aliphatic rings. The van der Waals surface area contributed by atoms with Crippen LogP contribution in [-0.4, -0.2) is 22.0 Å². The van der Waals surface area contributed by atoms with E-state index in [9.17, 15) is 5.11 Å². The molecule has 1 unspecified atom stereocenters. The summed E-state index contributed by atoms with van der Waals surface area (Å²) in [4.78, 5) is 0. The molecular weight excluding hydrogens is 411 g/mol. The molecule has 1 heterocycles. The molecule has 1 aromatic heterocycles. The fourth-order valence-electron chi connectivity index (χ4n) is 1.77. The molecule has 4 nitrogen and oxygen atoms in total. The lowest BCUT2D eigenvalue weighted by Gasteiger charge is -2.15. The topological polar surface area (TPSA) is 47.3 Å². The molecule has 0 amide bonds. The van der Waals surface area contributed by atoms with Gasteiger partial charge < -0.3 is 9.84 Å². The molecule has 0 spiro atoms. The van der Waals surface area contributed by atoms with Gasteiger partial charge in [-0.15, -0.1) is 0 Å². The normalized spacial score (nSPS) is 12.5. The minimum absolute atomic E-state index is 0.584. The van der Waals surface area contributed by atoms with Crippen LogP contribution in [0.4, 0.5) is 0 Å². The van der Waals surface area contributed by atoms with Crippen molar-refractivity contribution in [3.63, 3.8) is 0 Å². The van der Waals surface area contributed by atoms with Crippen molar-refractivity contribution in [3.8, 4) is 5.75 Å². The van der Waals surface area contributed by atoms with E-state index in [0.717, 1.165) is 13.6 Å². The third-order valence-corrected chi connectivity index (χ3v) is 4.16. The Hall–Kier alpha value is -0.600. The van der Waals surface area contributed by atoms with Crippen LogP contribution in [0.3, 0.4) is 0 Å². The molecule has 1 N–H and O–H groups in total. The van der Waals surface area contributed by atoms with Gasteiger partial charge in [0.2, 0.25) is 0 Å². The average molecular weight is 423 g/mol. The maximum atomic E-state index is 10.5. The first-order valence-corrected chi connectivity index (χ1v) is 7.10. The van der Waals surface area contributed by atoms with Gasteiger partial charge in [0, 0.05) is 20.7 Å². The van der Waals surface area contributed by atoms with E-state index in [1.165, 1.54) is 0 Å². The number of halogens is 2. The van der Waals surface area contributed by atoms with E-state index in [4.69, 9.17) is 4.74 Å². The van der Waals surface area contributed by atoms with Gasteiger partial charge in [-0.1, -0.05) is 15.9 Å². The maximum absolute atomic E-state index is 10.5. The molecule has 0 saturated carbocycles. The standard InChI is InChI=1S/C12H12BrIN2O2/c1-16-11(10(18-2)6-15-16)12(17)8-5-7(13)3-4-9(8)14/h3-6,12,17H,1-2H3. The molecule has 1 aromatic carbocycles. The van der Waals surface area contributed by atoms with E-state index in [0.29, 0.717) is 11.4 Å². The second-order valence-corrected chi connectivity index (χ2v) is 5.87. The van der Waals surface area contributed by atoms with Crippen molar-refractivity contribution in [3.05, 3.63) is 43.7 Å². The van der Waals surface area contributed by atoms with E-state index in [1.807, 2.05) is 18.2 Å². The molecule has 0 saturated heterocycles. The minimum Gasteiger partial charge on any atom is -0.493 e. The molecule has 1 atom stereocenters. The summed E-state index contributed by atoms with van der Waals surface area (Å²) in [7, 11) is 3.35. The van der Waals surface area contributed by atoms with Crippen LogP contribution in [0.2, 0.25) is 0 Å². The molecule has 6 heteroatoms. The summed E-state index contributed by atoms with van der Waals surface area (Å²) in [6.45, 7) is 0. The number of hydrogen-bond donors (Lipinski definition) is 1. The molecule has 18 heavy (non-hydrogen) atoms. The number of rotatable bonds is 3. The number of ether oxygens (including phenoxy) is 1. The van der Waals surface area contributed by atoms with Gasteiger partial charge in [-0.05, 0) is 40.8 Å². The SMILES string of the molecule is COc1cnn(C)c1C(O)c1cc(Br)ccc1I. The number of nitrogens with zero attached hydrogens (tertiary/aromatic N) is 2. The van der Waals surface area contributed by atoms with Crippen molar-refractivity contribution in [1.82, 2.24) is 9.78 Å². The van der Waals surface area contributed by atoms with Crippen molar-refractivity contribution in [2.45, 2.75) is 6.10 Å². The minimum atomic E-state index is -0.767. The molecule has 0 aliphatic carbocycles. The molecule has 0 fully saturated rings. The number of methoxy groups -OCH3 is 1. The first-order valence-electron chi connectivity index (χ1n) is 5.23. The Morgan fingerprint density at radius 2 is 2.22 bits per heavy atom. The first kappa shape index (κ1) is 13.8. The van der Waals surface area contributed by atoms with Gasteiger partial charge >= 0.3 is 0 Å². The molecule has 2 rings (SSSR count). The highest BCUT2D eigenvalue weighted by molar-refractivity contribution is 14.1. The fraction of sp³-hybridized carbons (Fsp3) is 0.250. The molecule has 2 aromatic rings. The second kappa shape index (κ2) is 5.58. The molecular formula is C12H12BrIN2O2. The third-order valence-electron chi connectivity index (χ3n) is 2.68. The van der Waals surface area contributed by atoms with Gasteiger partial charge in [0.1, 0.15) is 11.8 Å². The predicted octanol–water partition coefficient (Wildman–Crippen LogP) is 2.88. The maximum Gasteiger partial charge on any atom is 0.162 e. The van der Waals surface area contributed by atoms with Crippen LogP contribution >= 0.6 is 38.5 Å². The smallest absolute Gasteiger partial charge is 0.162 e.